The van der Waals surface area contributed by atoms with Crippen molar-refractivity contribution >= 4 is 17.7 Å². The van der Waals surface area contributed by atoms with Crippen LogP contribution < -0.4 is 0 Å². The quantitative estimate of drug-likeness (QED) is 0.165. The average Bonchev–Trinajstić information content (AvgIpc) is 3.17. The van der Waals surface area contributed by atoms with Gasteiger partial charge in [-0.1, -0.05) is 64.2 Å². The summed E-state index contributed by atoms with van der Waals surface area (Å²) in [5.74, 6) is -3.07. The standard InChI is InChI=1S/C46H73NO10/c1-29-13-9-8-10-14-30(2)42(55-7)26-36-19-17-34(6)46(54,57-36)28-44(52)47-22-12-11-15-37(47)45(53)56-43(27-40(50)32(4)23-29)31(3)16-20-38(48)33(5)24-35-18-21-39(49)41(51)25-35/h8-10,13-14,16,29,32-39,41-43,48-49,51,54H,11-12,15,17-28H2,1-7H3/b10-8+,13-9+,30-14?,31-16+/t29-,32-,33-,34-,35+,36+,37+,38?,39-,41-,42+,43+,46+/m1/s1. The van der Waals surface area contributed by atoms with Crippen LogP contribution in [0.3, 0.4) is 0 Å². The summed E-state index contributed by atoms with van der Waals surface area (Å²) in [6.07, 6.45) is 15.1. The number of nitrogens with zero attached hydrogens (tertiary/aromatic N) is 1. The minimum atomic E-state index is -1.71. The van der Waals surface area contributed by atoms with Crippen LogP contribution in [-0.4, -0.2) is 105 Å². The lowest BCUT2D eigenvalue weighted by Crippen LogP contribution is -2.54. The molecular weight excluding hydrogens is 727 g/mol. The molecule has 13 atom stereocenters. The molecule has 2 saturated heterocycles. The maximum absolute atomic E-state index is 14.1. The van der Waals surface area contributed by atoms with E-state index >= 15 is 0 Å². The second-order valence-electron chi connectivity index (χ2n) is 18.0. The normalized spacial score (nSPS) is 38.3. The number of piperidine rings is 1. The fourth-order valence-electron chi connectivity index (χ4n) is 9.09. The van der Waals surface area contributed by atoms with Crippen LogP contribution in [0.25, 0.3) is 0 Å². The predicted molar refractivity (Wildman–Crippen MR) is 220 cm³/mol. The van der Waals surface area contributed by atoms with Crippen molar-refractivity contribution in [3.8, 4) is 0 Å². The summed E-state index contributed by atoms with van der Waals surface area (Å²) >= 11 is 0. The zero-order chi connectivity index (χ0) is 41.9. The average molecular weight is 800 g/mol. The minimum absolute atomic E-state index is 0.0303. The van der Waals surface area contributed by atoms with Crippen LogP contribution >= 0.6 is 0 Å². The van der Waals surface area contributed by atoms with E-state index in [1.807, 2.05) is 65.0 Å². The Hall–Kier alpha value is -2.67. The van der Waals surface area contributed by atoms with Gasteiger partial charge >= 0.3 is 5.97 Å². The van der Waals surface area contributed by atoms with Crippen LogP contribution in [-0.2, 0) is 28.6 Å². The fourth-order valence-corrected chi connectivity index (χ4v) is 9.09. The smallest absolute Gasteiger partial charge is 0.329 e. The fraction of sp³-hybridized carbons (Fsp3) is 0.761. The molecule has 3 heterocycles. The highest BCUT2D eigenvalue weighted by Gasteiger charge is 2.46. The Morgan fingerprint density at radius 2 is 1.75 bits per heavy atom. The number of allylic oxidation sites excluding steroid dienone is 5. The lowest BCUT2D eigenvalue weighted by atomic mass is 9.79. The molecule has 11 heteroatoms. The molecule has 1 amide bonds. The molecule has 3 fully saturated rings. The van der Waals surface area contributed by atoms with Gasteiger partial charge in [-0.2, -0.15) is 0 Å². The highest BCUT2D eigenvalue weighted by atomic mass is 16.6. The number of hydrogen-bond donors (Lipinski definition) is 4. The third-order valence-electron chi connectivity index (χ3n) is 13.2. The number of Topliss-reactive ketones (excluding diaryl/α,β-unsaturated/α-hetero) is 1. The second kappa shape index (κ2) is 22.1. The number of fused-ring (bicyclic) bond motifs is 3. The van der Waals surface area contributed by atoms with Crippen molar-refractivity contribution in [2.75, 3.05) is 13.7 Å². The monoisotopic (exact) mass is 800 g/mol. The molecular formula is C46H73NO10. The Kier molecular flexibility index (Phi) is 18.2. The van der Waals surface area contributed by atoms with Gasteiger partial charge in [-0.25, -0.2) is 4.79 Å². The van der Waals surface area contributed by atoms with Gasteiger partial charge in [-0.3, -0.25) is 9.59 Å². The molecule has 57 heavy (non-hydrogen) atoms. The van der Waals surface area contributed by atoms with Gasteiger partial charge in [0.2, 0.25) is 5.91 Å². The summed E-state index contributed by atoms with van der Waals surface area (Å²) in [7, 11) is 1.66. The molecule has 0 aromatic carbocycles. The van der Waals surface area contributed by atoms with E-state index in [2.05, 4.69) is 13.0 Å². The molecule has 2 bridgehead atoms. The van der Waals surface area contributed by atoms with Crippen LogP contribution in [0, 0.1) is 29.6 Å². The number of ketones is 1. The Morgan fingerprint density at radius 1 is 1.00 bits per heavy atom. The summed E-state index contributed by atoms with van der Waals surface area (Å²) in [4.78, 5) is 43.5. The number of aliphatic hydroxyl groups excluding tert-OH is 3. The van der Waals surface area contributed by atoms with Crippen molar-refractivity contribution < 1.29 is 49.0 Å². The summed E-state index contributed by atoms with van der Waals surface area (Å²) in [6.45, 7) is 12.0. The van der Waals surface area contributed by atoms with Gasteiger partial charge in [0.25, 0.3) is 0 Å². The van der Waals surface area contributed by atoms with Crippen LogP contribution in [0.15, 0.2) is 47.6 Å². The highest BCUT2D eigenvalue weighted by Crippen LogP contribution is 2.38. The number of methoxy groups -OCH3 is 1. The van der Waals surface area contributed by atoms with Crippen molar-refractivity contribution in [3.05, 3.63) is 47.6 Å². The van der Waals surface area contributed by atoms with Gasteiger partial charge in [0.1, 0.15) is 17.9 Å². The van der Waals surface area contributed by atoms with E-state index in [1.54, 1.807) is 7.11 Å². The first-order chi connectivity index (χ1) is 27.0. The van der Waals surface area contributed by atoms with E-state index in [-0.39, 0.29) is 66.3 Å². The van der Waals surface area contributed by atoms with E-state index < -0.39 is 42.2 Å². The van der Waals surface area contributed by atoms with Crippen LogP contribution in [0.1, 0.15) is 131 Å². The Morgan fingerprint density at radius 3 is 2.47 bits per heavy atom. The molecule has 3 aliphatic heterocycles. The van der Waals surface area contributed by atoms with E-state index in [0.717, 1.165) is 24.8 Å². The first-order valence-electron chi connectivity index (χ1n) is 21.7. The van der Waals surface area contributed by atoms with E-state index in [1.165, 1.54) is 4.90 Å². The third kappa shape index (κ3) is 13.7. The lowest BCUT2D eigenvalue weighted by molar-refractivity contribution is -0.284. The maximum Gasteiger partial charge on any atom is 0.329 e. The zero-order valence-corrected chi connectivity index (χ0v) is 35.7. The Labute approximate surface area is 341 Å². The lowest BCUT2D eigenvalue weighted by Gasteiger charge is -2.44. The molecule has 1 saturated carbocycles. The summed E-state index contributed by atoms with van der Waals surface area (Å²) in [5, 5.41) is 43.1. The van der Waals surface area contributed by atoms with Gasteiger partial charge in [-0.15, -0.1) is 0 Å². The van der Waals surface area contributed by atoms with Crippen LogP contribution in [0.2, 0.25) is 0 Å². The van der Waals surface area contributed by atoms with Gasteiger partial charge in [0.15, 0.2) is 5.79 Å². The number of aliphatic hydroxyl groups is 4. The molecule has 0 radical (unpaired) electrons. The topological polar surface area (TPSA) is 163 Å². The summed E-state index contributed by atoms with van der Waals surface area (Å²) < 4.78 is 18.4. The zero-order valence-electron chi connectivity index (χ0n) is 35.7. The number of ether oxygens (including phenoxy) is 3. The molecule has 4 N–H and O–H groups in total. The van der Waals surface area contributed by atoms with E-state index in [0.29, 0.717) is 69.9 Å². The number of carbonyl (C=O) groups excluding carboxylic acids is 3. The van der Waals surface area contributed by atoms with Crippen molar-refractivity contribution in [2.45, 2.75) is 180 Å². The number of amides is 1. The van der Waals surface area contributed by atoms with Crippen LogP contribution in [0.4, 0.5) is 0 Å². The molecule has 0 aromatic rings. The number of hydrogen-bond acceptors (Lipinski definition) is 10. The second-order valence-corrected chi connectivity index (χ2v) is 18.0. The molecule has 0 spiro atoms. The molecule has 11 nitrogen and oxygen atoms in total. The molecule has 1 unspecified atom stereocenters. The van der Waals surface area contributed by atoms with Crippen LogP contribution in [0.5, 0.6) is 0 Å². The number of esters is 1. The van der Waals surface area contributed by atoms with Crippen molar-refractivity contribution in [1.29, 1.82) is 0 Å². The van der Waals surface area contributed by atoms with E-state index in [4.69, 9.17) is 14.2 Å². The number of rotatable bonds is 7. The van der Waals surface area contributed by atoms with Crippen molar-refractivity contribution in [2.24, 2.45) is 29.6 Å². The minimum Gasteiger partial charge on any atom is -0.456 e. The van der Waals surface area contributed by atoms with Gasteiger partial charge < -0.3 is 39.5 Å². The number of cyclic esters (lactones) is 1. The molecule has 4 aliphatic rings. The first-order valence-corrected chi connectivity index (χ1v) is 21.7. The van der Waals surface area contributed by atoms with Gasteiger partial charge in [-0.05, 0) is 113 Å². The summed E-state index contributed by atoms with van der Waals surface area (Å²) in [6, 6.07) is -0.868. The largest absolute Gasteiger partial charge is 0.456 e. The molecule has 1 aliphatic carbocycles. The Bertz CT molecular complexity index is 1460. The molecule has 0 aromatic heterocycles. The molecule has 322 valence electrons. The predicted octanol–water partition coefficient (Wildman–Crippen LogP) is 6.52. The van der Waals surface area contributed by atoms with Crippen molar-refractivity contribution in [3.63, 3.8) is 0 Å². The SMILES string of the molecule is CO[C@H]1C[C@@H]2CC[C@@H](C)[C@](O)(CC(=O)N3CCCC[C@H]3C(=O)O[C@H](/C(C)=C/CC(O)[C@H](C)C[C@@H]3CC[C@@H](O)[C@H](O)C3)CC(=O)[C@H](C)C[C@H](C)/C=C/C=C/C=C1C)O2. The Balaban J connectivity index is 1.58. The van der Waals surface area contributed by atoms with Crippen molar-refractivity contribution in [1.82, 2.24) is 4.90 Å². The highest BCUT2D eigenvalue weighted by molar-refractivity contribution is 5.86. The van der Waals surface area contributed by atoms with Gasteiger partial charge in [0.05, 0.1) is 36.9 Å². The van der Waals surface area contributed by atoms with E-state index in [9.17, 15) is 34.8 Å². The first kappa shape index (κ1) is 47.0. The number of carbonyl (C=O) groups is 3. The van der Waals surface area contributed by atoms with Gasteiger partial charge in [0, 0.05) is 38.3 Å². The summed E-state index contributed by atoms with van der Waals surface area (Å²) in [5.41, 5.74) is 1.67. The third-order valence-corrected chi connectivity index (χ3v) is 13.2. The maximum atomic E-state index is 14.1. The molecule has 4 rings (SSSR count).